The first kappa shape index (κ1) is 22.4. The highest BCUT2D eigenvalue weighted by Crippen LogP contribution is 2.20. The van der Waals surface area contributed by atoms with E-state index in [4.69, 9.17) is 4.74 Å². The average Bonchev–Trinajstić information content (AvgIpc) is 2.79. The smallest absolute Gasteiger partial charge is 0.340 e. The van der Waals surface area contributed by atoms with Gasteiger partial charge in [0.2, 0.25) is 5.78 Å². The van der Waals surface area contributed by atoms with Crippen LogP contribution in [0.1, 0.15) is 43.6 Å². The van der Waals surface area contributed by atoms with Gasteiger partial charge in [0.25, 0.3) is 11.6 Å². The van der Waals surface area contributed by atoms with E-state index in [1.165, 1.54) is 43.3 Å². The summed E-state index contributed by atoms with van der Waals surface area (Å²) in [5, 5.41) is 13.4. The van der Waals surface area contributed by atoms with Crippen LogP contribution in [-0.2, 0) is 4.74 Å². The zero-order chi connectivity index (χ0) is 23.3. The summed E-state index contributed by atoms with van der Waals surface area (Å²) in [6, 6.07) is 18.2. The first-order chi connectivity index (χ1) is 15.3. The maximum Gasteiger partial charge on any atom is 0.340 e. The normalized spacial score (nSPS) is 11.3. The lowest BCUT2D eigenvalue weighted by atomic mass is 10.1. The van der Waals surface area contributed by atoms with Crippen molar-refractivity contribution in [3.05, 3.63) is 105 Å². The molecular formula is C24H20N2O6. The summed E-state index contributed by atoms with van der Waals surface area (Å²) < 4.78 is 5.34. The number of non-ortho nitro benzene ring substituents is 1. The summed E-state index contributed by atoms with van der Waals surface area (Å²) in [5.41, 5.74) is 1.74. The van der Waals surface area contributed by atoms with Crippen LogP contribution >= 0.6 is 0 Å². The van der Waals surface area contributed by atoms with Gasteiger partial charge in [0.15, 0.2) is 6.10 Å². The second-order valence-corrected chi connectivity index (χ2v) is 7.08. The molecule has 3 aromatic carbocycles. The van der Waals surface area contributed by atoms with Gasteiger partial charge in [-0.25, -0.2) is 4.79 Å². The first-order valence-corrected chi connectivity index (χ1v) is 9.73. The lowest BCUT2D eigenvalue weighted by molar-refractivity contribution is -0.384. The molecule has 0 aliphatic carbocycles. The summed E-state index contributed by atoms with van der Waals surface area (Å²) in [4.78, 5) is 48.0. The van der Waals surface area contributed by atoms with Crippen molar-refractivity contribution in [2.75, 3.05) is 5.32 Å². The Morgan fingerprint density at radius 1 is 0.906 bits per heavy atom. The number of nitrogens with one attached hydrogen (secondary N) is 1. The molecule has 0 aromatic heterocycles. The Labute approximate surface area is 184 Å². The van der Waals surface area contributed by atoms with Crippen molar-refractivity contribution in [1.82, 2.24) is 0 Å². The Kier molecular flexibility index (Phi) is 6.74. The van der Waals surface area contributed by atoms with E-state index in [1.54, 1.807) is 36.4 Å². The molecule has 1 N–H and O–H groups in total. The minimum Gasteiger partial charge on any atom is -0.451 e. The average molecular weight is 432 g/mol. The third kappa shape index (κ3) is 5.23. The number of para-hydroxylation sites is 1. The largest absolute Gasteiger partial charge is 0.451 e. The highest BCUT2D eigenvalue weighted by atomic mass is 16.6. The number of esters is 1. The van der Waals surface area contributed by atoms with E-state index in [9.17, 15) is 24.5 Å². The van der Waals surface area contributed by atoms with Crippen molar-refractivity contribution in [3.63, 3.8) is 0 Å². The van der Waals surface area contributed by atoms with Gasteiger partial charge in [-0.15, -0.1) is 0 Å². The molecule has 3 rings (SSSR count). The Morgan fingerprint density at radius 3 is 2.12 bits per heavy atom. The lowest BCUT2D eigenvalue weighted by Gasteiger charge is -2.15. The molecule has 0 unspecified atom stereocenters. The van der Waals surface area contributed by atoms with E-state index >= 15 is 0 Å². The second kappa shape index (κ2) is 9.65. The molecule has 0 spiro atoms. The Morgan fingerprint density at radius 2 is 1.50 bits per heavy atom. The molecule has 8 nitrogen and oxygen atoms in total. The molecule has 0 radical (unpaired) electrons. The number of ketones is 1. The number of carbonyl (C=O) groups is 3. The SMILES string of the molecule is Cc1ccc(C(=O)[C@@H](C)OC(=O)c2ccccc2NC(=O)c2ccc([N+](=O)[O-])cc2)cc1. The highest BCUT2D eigenvalue weighted by Gasteiger charge is 2.22. The van der Waals surface area contributed by atoms with Gasteiger partial charge in [-0.2, -0.15) is 0 Å². The third-order valence-corrected chi connectivity index (χ3v) is 4.72. The minimum atomic E-state index is -1.02. The fraction of sp³-hybridized carbons (Fsp3) is 0.125. The molecule has 0 saturated carbocycles. The standard InChI is InChI=1S/C24H20N2O6/c1-15-7-9-17(10-8-15)22(27)16(2)32-24(29)20-5-3-4-6-21(20)25-23(28)18-11-13-19(14-12-18)26(30)31/h3-14,16H,1-2H3,(H,25,28)/t16-/m1/s1. The van der Waals surface area contributed by atoms with Gasteiger partial charge in [0.1, 0.15) is 0 Å². The molecule has 0 saturated heterocycles. The maximum absolute atomic E-state index is 12.7. The molecule has 32 heavy (non-hydrogen) atoms. The molecule has 0 aliphatic heterocycles. The summed E-state index contributed by atoms with van der Waals surface area (Å²) in [6.45, 7) is 3.39. The van der Waals surface area contributed by atoms with Gasteiger partial charge in [-0.05, 0) is 38.1 Å². The number of ether oxygens (including phenoxy) is 1. The predicted molar refractivity (Wildman–Crippen MR) is 118 cm³/mol. The van der Waals surface area contributed by atoms with E-state index in [-0.39, 0.29) is 28.3 Å². The second-order valence-electron chi connectivity index (χ2n) is 7.08. The third-order valence-electron chi connectivity index (χ3n) is 4.72. The van der Waals surface area contributed by atoms with Gasteiger partial charge in [0, 0.05) is 23.3 Å². The van der Waals surface area contributed by atoms with Gasteiger partial charge in [-0.3, -0.25) is 19.7 Å². The van der Waals surface area contributed by atoms with Gasteiger partial charge < -0.3 is 10.1 Å². The van der Waals surface area contributed by atoms with Crippen LogP contribution in [-0.4, -0.2) is 28.7 Å². The number of anilines is 1. The van der Waals surface area contributed by atoms with Crippen molar-refractivity contribution in [2.24, 2.45) is 0 Å². The molecule has 1 atom stereocenters. The molecule has 0 aliphatic rings. The number of amides is 1. The van der Waals surface area contributed by atoms with E-state index in [1.807, 2.05) is 6.92 Å². The molecule has 0 bridgehead atoms. The van der Waals surface area contributed by atoms with Crippen LogP contribution in [0.15, 0.2) is 72.8 Å². The number of nitro groups is 1. The van der Waals surface area contributed by atoms with Crippen LogP contribution in [0.3, 0.4) is 0 Å². The Balaban J connectivity index is 1.73. The number of Topliss-reactive ketones (excluding diaryl/α,β-unsaturated/α-hetero) is 1. The van der Waals surface area contributed by atoms with E-state index in [0.717, 1.165) is 5.56 Å². The van der Waals surface area contributed by atoms with Crippen LogP contribution < -0.4 is 5.32 Å². The summed E-state index contributed by atoms with van der Waals surface area (Å²) in [5.74, 6) is -1.66. The zero-order valence-electron chi connectivity index (χ0n) is 17.4. The number of hydrogen-bond acceptors (Lipinski definition) is 6. The summed E-state index contributed by atoms with van der Waals surface area (Å²) >= 11 is 0. The zero-order valence-corrected chi connectivity index (χ0v) is 17.4. The minimum absolute atomic E-state index is 0.0753. The van der Waals surface area contributed by atoms with Crippen molar-refractivity contribution in [2.45, 2.75) is 20.0 Å². The van der Waals surface area contributed by atoms with Crippen LogP contribution in [0.25, 0.3) is 0 Å². The Bertz CT molecular complexity index is 1170. The van der Waals surface area contributed by atoms with E-state index in [2.05, 4.69) is 5.32 Å². The number of benzene rings is 3. The molecule has 8 heteroatoms. The van der Waals surface area contributed by atoms with Gasteiger partial charge in [-0.1, -0.05) is 42.0 Å². The fourth-order valence-electron chi connectivity index (χ4n) is 2.93. The molecule has 162 valence electrons. The fourth-order valence-corrected chi connectivity index (χ4v) is 2.93. The molecule has 1 amide bonds. The number of aryl methyl sites for hydroxylation is 1. The summed E-state index contributed by atoms with van der Waals surface area (Å²) in [7, 11) is 0. The van der Waals surface area contributed by atoms with Gasteiger partial charge in [0.05, 0.1) is 16.2 Å². The van der Waals surface area contributed by atoms with Crippen LogP contribution in [0, 0.1) is 17.0 Å². The van der Waals surface area contributed by atoms with Crippen molar-refractivity contribution < 1.29 is 24.0 Å². The van der Waals surface area contributed by atoms with E-state index < -0.39 is 22.9 Å². The van der Waals surface area contributed by atoms with Crippen molar-refractivity contribution in [3.8, 4) is 0 Å². The van der Waals surface area contributed by atoms with Crippen LogP contribution in [0.4, 0.5) is 11.4 Å². The Hall–Kier alpha value is -4.33. The molecule has 0 fully saturated rings. The number of nitro benzene ring substituents is 1. The lowest BCUT2D eigenvalue weighted by Crippen LogP contribution is -2.25. The maximum atomic E-state index is 12.7. The van der Waals surface area contributed by atoms with Crippen molar-refractivity contribution >= 4 is 29.0 Å². The topological polar surface area (TPSA) is 116 Å². The molecule has 3 aromatic rings. The van der Waals surface area contributed by atoms with Crippen molar-refractivity contribution in [1.29, 1.82) is 0 Å². The van der Waals surface area contributed by atoms with Crippen LogP contribution in [0.2, 0.25) is 0 Å². The number of nitrogens with zero attached hydrogens (tertiary/aromatic N) is 1. The summed E-state index contributed by atoms with van der Waals surface area (Å²) in [6.07, 6.45) is -1.02. The number of rotatable bonds is 7. The monoisotopic (exact) mass is 432 g/mol. The molecular weight excluding hydrogens is 412 g/mol. The quantitative estimate of drug-likeness (QED) is 0.253. The number of carbonyl (C=O) groups excluding carboxylic acids is 3. The first-order valence-electron chi connectivity index (χ1n) is 9.73. The highest BCUT2D eigenvalue weighted by molar-refractivity contribution is 6.08. The van der Waals surface area contributed by atoms with E-state index in [0.29, 0.717) is 5.56 Å². The van der Waals surface area contributed by atoms with Crippen LogP contribution in [0.5, 0.6) is 0 Å². The predicted octanol–water partition coefficient (Wildman–Crippen LogP) is 4.58. The number of hydrogen-bond donors (Lipinski definition) is 1. The molecule has 0 heterocycles. The van der Waals surface area contributed by atoms with Gasteiger partial charge >= 0.3 is 5.97 Å².